The number of amides is 2. The van der Waals surface area contributed by atoms with Crippen LogP contribution < -0.4 is 30.9 Å². The Morgan fingerprint density at radius 3 is 2.21 bits per heavy atom. The van der Waals surface area contributed by atoms with Gasteiger partial charge in [0.05, 0.1) is 119 Å². The highest BCUT2D eigenvalue weighted by atomic mass is 35.5. The summed E-state index contributed by atoms with van der Waals surface area (Å²) in [5.41, 5.74) is 0.901. The minimum Gasteiger partial charge on any atom is -0.495 e. The summed E-state index contributed by atoms with van der Waals surface area (Å²) in [5.74, 6) is -2.24. The molecule has 2 aliphatic rings. The number of hydrogen-bond acceptors (Lipinski definition) is 15. The number of nitriles is 1. The highest BCUT2D eigenvalue weighted by molar-refractivity contribution is 6.31. The van der Waals surface area contributed by atoms with Gasteiger partial charge in [-0.3, -0.25) is 9.59 Å². The van der Waals surface area contributed by atoms with E-state index in [9.17, 15) is 14.9 Å². The van der Waals surface area contributed by atoms with E-state index in [0.717, 1.165) is 48.8 Å². The molecule has 0 radical (unpaired) electrons. The van der Waals surface area contributed by atoms with Gasteiger partial charge in [-0.25, -0.2) is 23.4 Å². The first-order valence-corrected chi connectivity index (χ1v) is 29.4. The zero-order valence-corrected chi connectivity index (χ0v) is 50.5. The number of carbonyl (C=O) groups excluding carboxylic acids is 2. The molecule has 1 aliphatic carbocycles. The topological polar surface area (TPSA) is 208 Å². The van der Waals surface area contributed by atoms with E-state index >= 15 is 8.78 Å². The first kappa shape index (κ1) is 64.2. The van der Waals surface area contributed by atoms with Gasteiger partial charge in [0, 0.05) is 61.0 Å². The van der Waals surface area contributed by atoms with Crippen LogP contribution in [0.25, 0.3) is 11.3 Å². The third-order valence-corrected chi connectivity index (χ3v) is 15.6. The van der Waals surface area contributed by atoms with Gasteiger partial charge < -0.3 is 54.6 Å². The van der Waals surface area contributed by atoms with Crippen molar-refractivity contribution in [2.75, 3.05) is 103 Å². The molecule has 8 rings (SSSR count). The Morgan fingerprint density at radius 2 is 1.55 bits per heavy atom. The summed E-state index contributed by atoms with van der Waals surface area (Å²) in [4.78, 5) is 39.5. The Hall–Kier alpha value is -6.80. The van der Waals surface area contributed by atoms with Crippen molar-refractivity contribution >= 4 is 52.5 Å². The molecule has 4 atom stereocenters. The van der Waals surface area contributed by atoms with Crippen molar-refractivity contribution in [3.8, 4) is 23.1 Å². The highest BCUT2D eigenvalue weighted by Crippen LogP contribution is 2.53. The number of hydrogen-bond donors (Lipinski definition) is 4. The van der Waals surface area contributed by atoms with Crippen LogP contribution in [0.3, 0.4) is 0 Å². The van der Waals surface area contributed by atoms with Crippen LogP contribution in [0, 0.1) is 28.4 Å². The average Bonchev–Trinajstić information content (AvgIpc) is 1.96. The largest absolute Gasteiger partial charge is 0.495 e. The molecule has 1 saturated carbocycles. The molecular formula is C63H76Cl2F2N10O8. The average molecular weight is 1210 g/mol. The molecule has 22 heteroatoms. The molecule has 0 bridgehead atoms. The molecule has 4 aromatic carbocycles. The number of nitrogens with one attached hydrogen (secondary N) is 4. The van der Waals surface area contributed by atoms with E-state index in [1.54, 1.807) is 12.3 Å². The van der Waals surface area contributed by atoms with Crippen molar-refractivity contribution in [1.82, 2.24) is 30.4 Å². The van der Waals surface area contributed by atoms with Gasteiger partial charge in [-0.1, -0.05) is 92.5 Å². The van der Waals surface area contributed by atoms with Crippen molar-refractivity contribution in [1.29, 1.82) is 5.26 Å². The molecule has 1 aliphatic heterocycles. The van der Waals surface area contributed by atoms with Gasteiger partial charge in [-0.2, -0.15) is 10.4 Å². The lowest BCUT2D eigenvalue weighted by Gasteiger charge is -2.37. The second kappa shape index (κ2) is 30.5. The fraction of sp³-hybridized carbons (Fsp3) is 0.460. The fourth-order valence-electron chi connectivity index (χ4n) is 11.1. The summed E-state index contributed by atoms with van der Waals surface area (Å²) >= 11 is 12.5. The normalized spacial score (nSPS) is 19.5. The van der Waals surface area contributed by atoms with Crippen LogP contribution >= 0.6 is 23.2 Å². The van der Waals surface area contributed by atoms with Crippen molar-refractivity contribution in [3.05, 3.63) is 147 Å². The molecule has 6 aromatic rings. The summed E-state index contributed by atoms with van der Waals surface area (Å²) in [6.45, 7) is 10.1. The maximum atomic E-state index is 16.2. The summed E-state index contributed by atoms with van der Waals surface area (Å²) in [6, 6.07) is 25.4. The van der Waals surface area contributed by atoms with Crippen LogP contribution in [0.5, 0.6) is 5.75 Å². The Kier molecular flexibility index (Phi) is 23.0. The van der Waals surface area contributed by atoms with Crippen LogP contribution in [0.1, 0.15) is 85.8 Å². The quantitative estimate of drug-likeness (QED) is 0.0322. The van der Waals surface area contributed by atoms with Crippen LogP contribution in [0.15, 0.2) is 103 Å². The molecule has 1 saturated heterocycles. The lowest BCUT2D eigenvalue weighted by molar-refractivity contribution is -0.118. The maximum absolute atomic E-state index is 16.2. The minimum absolute atomic E-state index is 0.0514. The molecule has 0 unspecified atom stereocenters. The van der Waals surface area contributed by atoms with Gasteiger partial charge in [0.2, 0.25) is 11.9 Å². The Bertz CT molecular complexity index is 3210. The van der Waals surface area contributed by atoms with Crippen molar-refractivity contribution in [2.45, 2.75) is 95.0 Å². The molecule has 85 heavy (non-hydrogen) atoms. The second-order valence-corrected chi connectivity index (χ2v) is 23.3. The van der Waals surface area contributed by atoms with Gasteiger partial charge in [0.1, 0.15) is 28.6 Å². The van der Waals surface area contributed by atoms with E-state index in [1.165, 1.54) is 55.1 Å². The number of rotatable bonds is 29. The van der Waals surface area contributed by atoms with Gasteiger partial charge in [-0.15, -0.1) is 0 Å². The Balaban J connectivity index is 0.696. The zero-order chi connectivity index (χ0) is 60.5. The fourth-order valence-corrected chi connectivity index (χ4v) is 11.5. The number of ether oxygens (including phenoxy) is 6. The highest BCUT2D eigenvalue weighted by Gasteiger charge is 2.61. The summed E-state index contributed by atoms with van der Waals surface area (Å²) in [5, 5.41) is 28.3. The van der Waals surface area contributed by atoms with Crippen LogP contribution in [0.4, 0.5) is 26.2 Å². The van der Waals surface area contributed by atoms with Crippen molar-refractivity contribution in [2.24, 2.45) is 5.41 Å². The van der Waals surface area contributed by atoms with E-state index < -0.39 is 52.3 Å². The Morgan fingerprint density at radius 1 is 0.859 bits per heavy atom. The molecule has 18 nitrogen and oxygen atoms in total. The van der Waals surface area contributed by atoms with Crippen molar-refractivity contribution < 1.29 is 46.8 Å². The second-order valence-electron chi connectivity index (χ2n) is 22.5. The molecule has 0 spiro atoms. The number of halogens is 4. The van der Waals surface area contributed by atoms with Gasteiger partial charge in [-0.05, 0) is 91.1 Å². The van der Waals surface area contributed by atoms with E-state index in [-0.39, 0.29) is 69.9 Å². The van der Waals surface area contributed by atoms with Crippen LogP contribution in [0.2, 0.25) is 10.0 Å². The zero-order valence-electron chi connectivity index (χ0n) is 49.0. The van der Waals surface area contributed by atoms with Gasteiger partial charge in [0.25, 0.3) is 5.91 Å². The minimum atomic E-state index is -1.83. The predicted molar refractivity (Wildman–Crippen MR) is 324 cm³/mol. The lowest BCUT2D eigenvalue weighted by atomic mass is 9.62. The molecule has 2 fully saturated rings. The van der Waals surface area contributed by atoms with Gasteiger partial charge in [0.15, 0.2) is 0 Å². The van der Waals surface area contributed by atoms with E-state index in [1.807, 2.05) is 70.0 Å². The number of benzene rings is 4. The molecule has 3 heterocycles. The molecule has 2 aromatic heterocycles. The smallest absolute Gasteiger partial charge is 0.251 e. The number of carbonyl (C=O) groups is 2. The SMILES string of the molecule is COc1ccc(C(=O)NCCOCCOCCOCCOCCO[C@H]2CC[C@H](Nc3nccc(-c4cnn(Cc5ccccc5)c4N(C)C)n3)CC2)cc1NC(=O)[C@@H]1N[C@@H](CC(C)(C)C)[C@](C#N)(c2ccc(Cl)cc2F)[C@H]1c1cccc(Cl)c1F. The third kappa shape index (κ3) is 16.8. The van der Waals surface area contributed by atoms with E-state index in [0.29, 0.717) is 65.3 Å². The first-order valence-electron chi connectivity index (χ1n) is 28.6. The predicted octanol–water partition coefficient (Wildman–Crippen LogP) is 10.2. The summed E-state index contributed by atoms with van der Waals surface area (Å²) in [6.07, 6.45) is 7.88. The maximum Gasteiger partial charge on any atom is 0.251 e. The summed E-state index contributed by atoms with van der Waals surface area (Å²) < 4.78 is 68.7. The van der Waals surface area contributed by atoms with E-state index in [4.69, 9.17) is 61.7 Å². The molecule has 2 amide bonds. The van der Waals surface area contributed by atoms with E-state index in [2.05, 4.69) is 49.4 Å². The molecular weight excluding hydrogens is 1130 g/mol. The number of nitrogens with zero attached hydrogens (tertiary/aromatic N) is 6. The lowest BCUT2D eigenvalue weighted by Crippen LogP contribution is -2.45. The monoisotopic (exact) mass is 1210 g/mol. The van der Waals surface area contributed by atoms with Crippen LogP contribution in [-0.2, 0) is 40.4 Å². The Labute approximate surface area is 506 Å². The molecule has 454 valence electrons. The number of aromatic nitrogens is 4. The first-order chi connectivity index (χ1) is 41.0. The van der Waals surface area contributed by atoms with Crippen molar-refractivity contribution in [3.63, 3.8) is 0 Å². The number of methoxy groups -OCH3 is 1. The standard InChI is InChI=1S/C63H76Cl2F2N10O8/c1-62(2,3)37-54-63(40-68,48-21-16-43(64)36-50(48)66)55(46-13-10-14-49(65)56(46)67)57(75-54)59(79)73-52-35-42(15-22-53(52)80-6)58(78)69-25-26-81-27-28-82-29-30-83-31-32-84-33-34-85-45-19-17-44(18-20-45)72-61-70-24-23-51(74-61)47-38-71-77(60(47)76(4)5)39-41-11-8-7-9-12-41/h7-16,21-24,35-36,38,44-45,54-55,57,75H,17-20,25-34,37,39H2,1-6H3,(H,69,78)(H,73,79)(H,70,72,74)/t44-,45-,54-,55-,57+,63-/m0/s1. The van der Waals surface area contributed by atoms with Gasteiger partial charge >= 0.3 is 0 Å². The third-order valence-electron chi connectivity index (χ3n) is 15.0. The number of anilines is 3. The van der Waals surface area contributed by atoms with Crippen LogP contribution in [-0.4, -0.2) is 143 Å². The molecule has 4 N–H and O–H groups in total. The summed E-state index contributed by atoms with van der Waals surface area (Å²) in [7, 11) is 5.44.